The minimum Gasteiger partial charge on any atom is -0.308 e. The van der Waals surface area contributed by atoms with Gasteiger partial charge < -0.3 is 14.7 Å². The highest BCUT2D eigenvalue weighted by atomic mass is 15.2. The summed E-state index contributed by atoms with van der Waals surface area (Å²) in [6.45, 7) is 10.4. The van der Waals surface area contributed by atoms with E-state index in [1.165, 1.54) is 39.1 Å². The Morgan fingerprint density at radius 3 is 1.39 bits per heavy atom. The maximum atomic E-state index is 2.58. The van der Waals surface area contributed by atoms with Gasteiger partial charge in [-0.1, -0.05) is 6.92 Å². The molecule has 4 nitrogen and oxygen atoms in total. The second kappa shape index (κ2) is 10.7. The van der Waals surface area contributed by atoms with Gasteiger partial charge in [0.15, 0.2) is 0 Å². The fourth-order valence-electron chi connectivity index (χ4n) is 1.82. The van der Waals surface area contributed by atoms with Crippen molar-refractivity contribution in [3.05, 3.63) is 0 Å². The first-order chi connectivity index (χ1) is 8.45. The average Bonchev–Trinajstić information content (AvgIpc) is 2.27. The summed E-state index contributed by atoms with van der Waals surface area (Å²) in [5, 5.41) is 0. The Morgan fingerprint density at radius 1 is 0.556 bits per heavy atom. The van der Waals surface area contributed by atoms with Gasteiger partial charge in [-0.2, -0.15) is 0 Å². The van der Waals surface area contributed by atoms with Crippen LogP contribution in [0.2, 0.25) is 0 Å². The standard InChI is InChI=1S/C14H34N4/c1-7-8-17(6)11-14-18(12-9-15(2)3)13-10-16(4)5/h7-14H2,1-6H3. The van der Waals surface area contributed by atoms with Crippen LogP contribution in [-0.4, -0.2) is 101 Å². The molecule has 0 spiro atoms. The Hall–Kier alpha value is -0.160. The first-order valence-electron chi connectivity index (χ1n) is 7.16. The molecule has 110 valence electrons. The second-order valence-electron chi connectivity index (χ2n) is 5.75. The number of hydrogen-bond donors (Lipinski definition) is 0. The van der Waals surface area contributed by atoms with Gasteiger partial charge in [-0.05, 0) is 48.2 Å². The molecule has 0 radical (unpaired) electrons. The predicted octanol–water partition coefficient (Wildman–Crippen LogP) is 0.753. The van der Waals surface area contributed by atoms with Crippen LogP contribution < -0.4 is 0 Å². The molecule has 0 N–H and O–H groups in total. The zero-order chi connectivity index (χ0) is 14.0. The summed E-state index contributed by atoms with van der Waals surface area (Å²) >= 11 is 0. The summed E-state index contributed by atoms with van der Waals surface area (Å²) < 4.78 is 0. The molecule has 0 aromatic rings. The van der Waals surface area contributed by atoms with E-state index in [4.69, 9.17) is 0 Å². The van der Waals surface area contributed by atoms with Crippen LogP contribution in [0.3, 0.4) is 0 Å². The fraction of sp³-hybridized carbons (Fsp3) is 1.00. The molecule has 0 unspecified atom stereocenters. The minimum absolute atomic E-state index is 1.14. The van der Waals surface area contributed by atoms with Crippen LogP contribution >= 0.6 is 0 Å². The molecule has 0 aliphatic carbocycles. The molecular formula is C14H34N4. The van der Waals surface area contributed by atoms with Crippen LogP contribution in [0, 0.1) is 0 Å². The Labute approximate surface area is 115 Å². The molecule has 0 aromatic heterocycles. The third kappa shape index (κ3) is 11.0. The van der Waals surface area contributed by atoms with Gasteiger partial charge in [0, 0.05) is 39.3 Å². The van der Waals surface area contributed by atoms with Crippen molar-refractivity contribution in [1.82, 2.24) is 19.6 Å². The maximum Gasteiger partial charge on any atom is 0.0110 e. The lowest BCUT2D eigenvalue weighted by molar-refractivity contribution is 0.193. The molecule has 0 saturated heterocycles. The van der Waals surface area contributed by atoms with Gasteiger partial charge in [0.25, 0.3) is 0 Å². The van der Waals surface area contributed by atoms with Crippen molar-refractivity contribution < 1.29 is 0 Å². The van der Waals surface area contributed by atoms with Gasteiger partial charge in [-0.15, -0.1) is 0 Å². The van der Waals surface area contributed by atoms with Crippen LogP contribution in [0.1, 0.15) is 13.3 Å². The zero-order valence-corrected chi connectivity index (χ0v) is 13.4. The monoisotopic (exact) mass is 258 g/mol. The quantitative estimate of drug-likeness (QED) is 0.542. The van der Waals surface area contributed by atoms with E-state index in [2.05, 4.69) is 61.8 Å². The predicted molar refractivity (Wildman–Crippen MR) is 81.3 cm³/mol. The highest BCUT2D eigenvalue weighted by molar-refractivity contribution is 4.64. The molecule has 0 aliphatic rings. The van der Waals surface area contributed by atoms with Gasteiger partial charge in [-0.3, -0.25) is 4.90 Å². The van der Waals surface area contributed by atoms with Crippen molar-refractivity contribution in [2.75, 3.05) is 81.1 Å². The topological polar surface area (TPSA) is 13.0 Å². The molecule has 0 heterocycles. The summed E-state index contributed by atoms with van der Waals surface area (Å²) in [6.07, 6.45) is 1.24. The van der Waals surface area contributed by atoms with Gasteiger partial charge >= 0.3 is 0 Å². The Balaban J connectivity index is 3.94. The summed E-state index contributed by atoms with van der Waals surface area (Å²) in [4.78, 5) is 9.53. The van der Waals surface area contributed by atoms with E-state index in [9.17, 15) is 0 Å². The van der Waals surface area contributed by atoms with Crippen molar-refractivity contribution >= 4 is 0 Å². The zero-order valence-electron chi connectivity index (χ0n) is 13.4. The molecule has 0 rings (SSSR count). The van der Waals surface area contributed by atoms with Crippen LogP contribution in [-0.2, 0) is 0 Å². The minimum atomic E-state index is 1.14. The fourth-order valence-corrected chi connectivity index (χ4v) is 1.82. The summed E-state index contributed by atoms with van der Waals surface area (Å²) in [5.74, 6) is 0. The van der Waals surface area contributed by atoms with Gasteiger partial charge in [0.2, 0.25) is 0 Å². The first-order valence-corrected chi connectivity index (χ1v) is 7.16. The van der Waals surface area contributed by atoms with Crippen molar-refractivity contribution in [3.8, 4) is 0 Å². The molecule has 0 saturated carbocycles. The Bertz CT molecular complexity index is 171. The molecule has 18 heavy (non-hydrogen) atoms. The summed E-state index contributed by atoms with van der Waals surface area (Å²) in [6, 6.07) is 0. The largest absolute Gasteiger partial charge is 0.308 e. The Kier molecular flexibility index (Phi) is 10.6. The van der Waals surface area contributed by atoms with Crippen LogP contribution in [0.15, 0.2) is 0 Å². The first kappa shape index (κ1) is 17.8. The molecular weight excluding hydrogens is 224 g/mol. The van der Waals surface area contributed by atoms with Crippen LogP contribution in [0.25, 0.3) is 0 Å². The molecule has 0 aliphatic heterocycles. The third-order valence-corrected chi connectivity index (χ3v) is 3.13. The lowest BCUT2D eigenvalue weighted by Crippen LogP contribution is -2.40. The number of nitrogens with zero attached hydrogens (tertiary/aromatic N) is 4. The maximum absolute atomic E-state index is 2.58. The third-order valence-electron chi connectivity index (χ3n) is 3.13. The second-order valence-corrected chi connectivity index (χ2v) is 5.75. The van der Waals surface area contributed by atoms with Crippen molar-refractivity contribution in [3.63, 3.8) is 0 Å². The number of likely N-dealkylation sites (N-methyl/N-ethyl adjacent to an activating group) is 3. The molecule has 0 aromatic carbocycles. The van der Waals surface area contributed by atoms with E-state index in [-0.39, 0.29) is 0 Å². The number of hydrogen-bond acceptors (Lipinski definition) is 4. The summed E-state index contributed by atoms with van der Waals surface area (Å²) in [7, 11) is 10.8. The highest BCUT2D eigenvalue weighted by Crippen LogP contribution is 1.93. The lowest BCUT2D eigenvalue weighted by Gasteiger charge is -2.27. The molecule has 0 fully saturated rings. The van der Waals surface area contributed by atoms with Crippen molar-refractivity contribution in [1.29, 1.82) is 0 Å². The van der Waals surface area contributed by atoms with E-state index in [0.29, 0.717) is 0 Å². The average molecular weight is 258 g/mol. The van der Waals surface area contributed by atoms with E-state index in [1.54, 1.807) is 0 Å². The summed E-state index contributed by atoms with van der Waals surface area (Å²) in [5.41, 5.74) is 0. The highest BCUT2D eigenvalue weighted by Gasteiger charge is 2.07. The van der Waals surface area contributed by atoms with Gasteiger partial charge in [0.1, 0.15) is 0 Å². The number of rotatable bonds is 11. The van der Waals surface area contributed by atoms with Crippen LogP contribution in [0.4, 0.5) is 0 Å². The van der Waals surface area contributed by atoms with Crippen molar-refractivity contribution in [2.24, 2.45) is 0 Å². The lowest BCUT2D eigenvalue weighted by atomic mass is 10.3. The van der Waals surface area contributed by atoms with E-state index < -0.39 is 0 Å². The van der Waals surface area contributed by atoms with E-state index in [1.807, 2.05) is 0 Å². The molecule has 0 amide bonds. The Morgan fingerprint density at radius 2 is 1.00 bits per heavy atom. The van der Waals surface area contributed by atoms with E-state index in [0.717, 1.165) is 13.1 Å². The SMILES string of the molecule is CCCN(C)CCN(CCN(C)C)CCN(C)C. The smallest absolute Gasteiger partial charge is 0.0110 e. The van der Waals surface area contributed by atoms with Gasteiger partial charge in [-0.25, -0.2) is 0 Å². The molecule has 4 heteroatoms. The normalized spacial score (nSPS) is 12.3. The molecule has 0 atom stereocenters. The van der Waals surface area contributed by atoms with E-state index >= 15 is 0 Å². The molecule has 0 bridgehead atoms. The van der Waals surface area contributed by atoms with Crippen LogP contribution in [0.5, 0.6) is 0 Å². The van der Waals surface area contributed by atoms with Crippen molar-refractivity contribution in [2.45, 2.75) is 13.3 Å². The van der Waals surface area contributed by atoms with Gasteiger partial charge in [0.05, 0.1) is 0 Å².